The van der Waals surface area contributed by atoms with Crippen LogP contribution in [0.1, 0.15) is 44.6 Å². The van der Waals surface area contributed by atoms with Gasteiger partial charge in [0.05, 0.1) is 25.8 Å². The topological polar surface area (TPSA) is 123 Å². The first-order valence-corrected chi connectivity index (χ1v) is 12.2. The summed E-state index contributed by atoms with van der Waals surface area (Å²) in [7, 11) is -1.56. The maximum absolute atomic E-state index is 12.2. The average Bonchev–Trinajstić information content (AvgIpc) is 2.75. The number of anilines is 1. The van der Waals surface area contributed by atoms with Crippen LogP contribution in [-0.2, 0) is 11.0 Å². The third-order valence-electron chi connectivity index (χ3n) is 6.06. The van der Waals surface area contributed by atoms with Crippen molar-refractivity contribution < 1.29 is 14.2 Å². The Kier molecular flexibility index (Phi) is 7.65. The molecule has 1 aliphatic rings. The highest BCUT2D eigenvalue weighted by Gasteiger charge is 2.36. The van der Waals surface area contributed by atoms with Gasteiger partial charge in [-0.25, -0.2) is 4.21 Å². The van der Waals surface area contributed by atoms with Crippen LogP contribution in [0.2, 0.25) is 10.0 Å². The van der Waals surface area contributed by atoms with Crippen LogP contribution >= 0.6 is 23.2 Å². The summed E-state index contributed by atoms with van der Waals surface area (Å²) in [6, 6.07) is 7.86. The number of hydrogen-bond donors (Lipinski definition) is 2. The molecule has 0 spiro atoms. The van der Waals surface area contributed by atoms with Crippen molar-refractivity contribution in [3.05, 3.63) is 56.1 Å². The van der Waals surface area contributed by atoms with E-state index < -0.39 is 20.7 Å². The molecule has 0 amide bonds. The van der Waals surface area contributed by atoms with Crippen LogP contribution in [0.3, 0.4) is 0 Å². The van der Waals surface area contributed by atoms with Crippen molar-refractivity contribution in [2.75, 3.05) is 18.0 Å². The molecule has 1 aliphatic heterocycles. The number of aromatic hydroxyl groups is 1. The minimum absolute atomic E-state index is 0.0470. The van der Waals surface area contributed by atoms with Crippen molar-refractivity contribution in [3.63, 3.8) is 0 Å². The maximum atomic E-state index is 12.2. The van der Waals surface area contributed by atoms with Crippen LogP contribution in [0.4, 0.5) is 11.6 Å². The van der Waals surface area contributed by atoms with Gasteiger partial charge in [-0.05, 0) is 72.5 Å². The summed E-state index contributed by atoms with van der Waals surface area (Å²) >= 11 is 12.3. The number of rotatable bonds is 7. The van der Waals surface area contributed by atoms with Gasteiger partial charge in [0.2, 0.25) is 5.82 Å². The van der Waals surface area contributed by atoms with Crippen LogP contribution in [0.5, 0.6) is 5.75 Å². The summed E-state index contributed by atoms with van der Waals surface area (Å²) in [4.78, 5) is 16.7. The lowest BCUT2D eigenvalue weighted by Gasteiger charge is -2.38. The fourth-order valence-electron chi connectivity index (χ4n) is 4.21. The predicted molar refractivity (Wildman–Crippen MR) is 128 cm³/mol. The molecule has 1 aromatic carbocycles. The number of phenols is 1. The molecule has 2 aromatic rings. The number of halogens is 2. The highest BCUT2D eigenvalue weighted by molar-refractivity contribution is 7.84. The molecular weight excluding hydrogens is 475 g/mol. The van der Waals surface area contributed by atoms with E-state index in [1.165, 1.54) is 12.1 Å². The van der Waals surface area contributed by atoms with E-state index in [0.29, 0.717) is 35.9 Å². The minimum Gasteiger partial charge on any atom is -0.508 e. The number of phenolic OH excluding ortho intramolecular Hbond substituents is 1. The number of nitrogens with zero attached hydrogens (tertiary/aromatic N) is 3. The number of aromatic nitrogens is 1. The second-order valence-corrected chi connectivity index (χ2v) is 11.1. The molecule has 2 heterocycles. The molecule has 11 heteroatoms. The molecule has 0 bridgehead atoms. The number of piperidine rings is 1. The monoisotopic (exact) mass is 500 g/mol. The number of benzene rings is 1. The second kappa shape index (κ2) is 9.91. The molecule has 2 atom stereocenters. The van der Waals surface area contributed by atoms with Crippen molar-refractivity contribution in [1.82, 2.24) is 4.98 Å². The predicted octanol–water partition coefficient (Wildman–Crippen LogP) is 4.79. The first kappa shape index (κ1) is 24.7. The summed E-state index contributed by atoms with van der Waals surface area (Å²) < 4.78 is 11.5. The standard InChI is InChI=1S/C21H26Cl2N4O4S/c1-21(2,32(24)31)12-15(14-10-16(22)17(23)11-18(14)28)13-6-8-26(9-7-13)19-4-3-5-20(25-19)27(29)30/h3-5,10-11,13,15,28H,6-9,12,24H2,1-2H3/t15-,32?/m1/s1. The lowest BCUT2D eigenvalue weighted by molar-refractivity contribution is -0.389. The summed E-state index contributed by atoms with van der Waals surface area (Å²) in [5, 5.41) is 28.0. The number of nitro groups is 1. The van der Waals surface area contributed by atoms with Gasteiger partial charge in [-0.15, -0.1) is 0 Å². The van der Waals surface area contributed by atoms with Crippen molar-refractivity contribution in [1.29, 1.82) is 0 Å². The van der Waals surface area contributed by atoms with Crippen molar-refractivity contribution in [2.24, 2.45) is 11.1 Å². The van der Waals surface area contributed by atoms with Crippen molar-refractivity contribution in [2.45, 2.75) is 43.8 Å². The van der Waals surface area contributed by atoms with E-state index in [4.69, 9.17) is 28.3 Å². The van der Waals surface area contributed by atoms with Crippen molar-refractivity contribution >= 4 is 45.8 Å². The molecule has 1 saturated heterocycles. The Bertz CT molecular complexity index is 1030. The molecule has 174 valence electrons. The first-order valence-electron chi connectivity index (χ1n) is 10.2. The molecule has 1 unspecified atom stereocenters. The van der Waals surface area contributed by atoms with Crippen LogP contribution in [0, 0.1) is 16.0 Å². The van der Waals surface area contributed by atoms with Gasteiger partial charge in [-0.1, -0.05) is 23.2 Å². The van der Waals surface area contributed by atoms with E-state index in [2.05, 4.69) is 4.98 Å². The van der Waals surface area contributed by atoms with Crippen LogP contribution in [-0.4, -0.2) is 37.1 Å². The summed E-state index contributed by atoms with van der Waals surface area (Å²) in [6.07, 6.45) is 1.99. The Morgan fingerprint density at radius 2 is 1.94 bits per heavy atom. The quantitative estimate of drug-likeness (QED) is 0.415. The molecule has 3 N–H and O–H groups in total. The number of pyridine rings is 1. The zero-order valence-corrected chi connectivity index (χ0v) is 20.2. The van der Waals surface area contributed by atoms with Gasteiger partial charge in [0.25, 0.3) is 0 Å². The Balaban J connectivity index is 1.86. The van der Waals surface area contributed by atoms with Crippen LogP contribution < -0.4 is 10.0 Å². The number of hydrogen-bond acceptors (Lipinski definition) is 6. The zero-order chi connectivity index (χ0) is 23.6. The van der Waals surface area contributed by atoms with Gasteiger partial charge in [0.1, 0.15) is 5.75 Å². The summed E-state index contributed by atoms with van der Waals surface area (Å²) in [6.45, 7) is 4.97. The van der Waals surface area contributed by atoms with E-state index >= 15 is 0 Å². The Morgan fingerprint density at radius 3 is 2.53 bits per heavy atom. The number of nitrogens with two attached hydrogens (primary N) is 1. The smallest absolute Gasteiger partial charge is 0.365 e. The molecule has 8 nitrogen and oxygen atoms in total. The van der Waals surface area contributed by atoms with E-state index in [-0.39, 0.29) is 28.4 Å². The van der Waals surface area contributed by atoms with Crippen LogP contribution in [0.25, 0.3) is 0 Å². The Labute approximate surface area is 199 Å². The zero-order valence-electron chi connectivity index (χ0n) is 17.8. The fraction of sp³-hybridized carbons (Fsp3) is 0.476. The average molecular weight is 501 g/mol. The fourth-order valence-corrected chi connectivity index (χ4v) is 4.89. The molecule has 1 aromatic heterocycles. The molecular formula is C21H26Cl2N4O4S. The van der Waals surface area contributed by atoms with Crippen molar-refractivity contribution in [3.8, 4) is 5.75 Å². The minimum atomic E-state index is -1.56. The van der Waals surface area contributed by atoms with E-state index in [1.54, 1.807) is 18.2 Å². The molecule has 0 aliphatic carbocycles. The summed E-state index contributed by atoms with van der Waals surface area (Å²) in [5.41, 5.74) is 0.657. The lowest BCUT2D eigenvalue weighted by Crippen LogP contribution is -2.39. The molecule has 0 saturated carbocycles. The van der Waals surface area contributed by atoms with Gasteiger partial charge in [-0.3, -0.25) is 5.14 Å². The lowest BCUT2D eigenvalue weighted by atomic mass is 9.75. The largest absolute Gasteiger partial charge is 0.508 e. The highest BCUT2D eigenvalue weighted by atomic mass is 35.5. The third-order valence-corrected chi connectivity index (χ3v) is 8.04. The van der Waals surface area contributed by atoms with Gasteiger partial charge < -0.3 is 20.1 Å². The van der Waals surface area contributed by atoms with E-state index in [1.807, 2.05) is 18.7 Å². The first-order chi connectivity index (χ1) is 15.0. The SMILES string of the molecule is CC(C)(C[C@@H](c1cc(Cl)c(Cl)cc1O)C1CCN(c2cccc([N+](=O)[O-])n2)CC1)S(N)=O. The van der Waals surface area contributed by atoms with Gasteiger partial charge >= 0.3 is 5.82 Å². The normalized spacial score (nSPS) is 17.2. The Morgan fingerprint density at radius 1 is 1.31 bits per heavy atom. The maximum Gasteiger partial charge on any atom is 0.365 e. The molecule has 32 heavy (non-hydrogen) atoms. The van der Waals surface area contributed by atoms with Crippen LogP contribution in [0.15, 0.2) is 30.3 Å². The second-order valence-electron chi connectivity index (χ2n) is 8.63. The third kappa shape index (κ3) is 5.51. The summed E-state index contributed by atoms with van der Waals surface area (Å²) in [5.74, 6) is 0.430. The van der Waals surface area contributed by atoms with E-state index in [0.717, 1.165) is 12.8 Å². The molecule has 3 rings (SSSR count). The van der Waals surface area contributed by atoms with Gasteiger partial charge in [-0.2, -0.15) is 0 Å². The highest BCUT2D eigenvalue weighted by Crippen LogP contribution is 2.45. The molecule has 1 fully saturated rings. The van der Waals surface area contributed by atoms with Gasteiger partial charge in [0.15, 0.2) is 0 Å². The Hall–Kier alpha value is -1.94. The van der Waals surface area contributed by atoms with E-state index in [9.17, 15) is 19.4 Å². The molecule has 0 radical (unpaired) electrons. The van der Waals surface area contributed by atoms with Gasteiger partial charge in [0, 0.05) is 31.3 Å².